The monoisotopic (exact) mass is 336 g/mol. The lowest BCUT2D eigenvalue weighted by atomic mass is 10.3. The van der Waals surface area contributed by atoms with Crippen molar-refractivity contribution in [3.8, 4) is 5.75 Å². The molecule has 0 spiro atoms. The predicted octanol–water partition coefficient (Wildman–Crippen LogP) is 2.69. The van der Waals surface area contributed by atoms with Crippen molar-refractivity contribution in [2.24, 2.45) is 0 Å². The highest BCUT2D eigenvalue weighted by molar-refractivity contribution is 6.32. The number of benzene rings is 1. The van der Waals surface area contributed by atoms with Crippen LogP contribution in [0.1, 0.15) is 13.8 Å². The van der Waals surface area contributed by atoms with Crippen molar-refractivity contribution in [2.45, 2.75) is 32.5 Å². The third-order valence-electron chi connectivity index (χ3n) is 3.14. The van der Waals surface area contributed by atoms with Crippen molar-refractivity contribution >= 4 is 17.6 Å². The summed E-state index contributed by atoms with van der Waals surface area (Å²) in [5.74, 6) is 0.609. The van der Waals surface area contributed by atoms with Crippen LogP contribution in [0.25, 0.3) is 0 Å². The molecule has 1 aromatic carbocycles. The molecular formula is C16H21ClN4O2. The fourth-order valence-electron chi connectivity index (χ4n) is 2.07. The van der Waals surface area contributed by atoms with E-state index < -0.39 is 0 Å². The van der Waals surface area contributed by atoms with Crippen LogP contribution in [-0.2, 0) is 6.54 Å². The standard InChI is InChI=1S/C16H21ClN4O2/c1-12(10-21-8-7-18-11-21)20-16(22)19-9-13(2)23-15-6-4-3-5-14(15)17/h3-8,11-13H,9-10H2,1-2H3,(H2,19,20,22)/t12-,13+/m0/s1. The van der Waals surface area contributed by atoms with E-state index in [9.17, 15) is 4.79 Å². The molecule has 0 aliphatic heterocycles. The first-order valence-corrected chi connectivity index (χ1v) is 7.83. The van der Waals surface area contributed by atoms with Gasteiger partial charge in [-0.15, -0.1) is 0 Å². The number of hydrogen-bond donors (Lipinski definition) is 2. The highest BCUT2D eigenvalue weighted by Crippen LogP contribution is 2.23. The molecule has 1 aromatic heterocycles. The Morgan fingerprint density at radius 3 is 2.87 bits per heavy atom. The maximum atomic E-state index is 11.9. The maximum absolute atomic E-state index is 11.9. The molecule has 124 valence electrons. The lowest BCUT2D eigenvalue weighted by Gasteiger charge is -2.18. The SMILES string of the molecule is C[C@H](CNC(=O)N[C@@H](C)Cn1ccnc1)Oc1ccccc1Cl. The van der Waals surface area contributed by atoms with E-state index in [0.717, 1.165) is 0 Å². The van der Waals surface area contributed by atoms with Gasteiger partial charge in [-0.1, -0.05) is 23.7 Å². The predicted molar refractivity (Wildman–Crippen MR) is 89.8 cm³/mol. The quantitative estimate of drug-likeness (QED) is 0.816. The van der Waals surface area contributed by atoms with Crippen LogP contribution in [0.2, 0.25) is 5.02 Å². The van der Waals surface area contributed by atoms with E-state index in [1.165, 1.54) is 0 Å². The van der Waals surface area contributed by atoms with Gasteiger partial charge in [0, 0.05) is 25.0 Å². The van der Waals surface area contributed by atoms with E-state index in [2.05, 4.69) is 15.6 Å². The molecule has 7 heteroatoms. The lowest BCUT2D eigenvalue weighted by Crippen LogP contribution is -2.45. The number of ether oxygens (including phenoxy) is 1. The zero-order chi connectivity index (χ0) is 16.7. The number of nitrogens with zero attached hydrogens (tertiary/aromatic N) is 2. The molecule has 0 saturated heterocycles. The molecule has 0 saturated carbocycles. The van der Waals surface area contributed by atoms with Crippen LogP contribution in [-0.4, -0.2) is 34.3 Å². The van der Waals surface area contributed by atoms with Crippen LogP contribution in [0.3, 0.4) is 0 Å². The summed E-state index contributed by atoms with van der Waals surface area (Å²) in [5.41, 5.74) is 0. The Hall–Kier alpha value is -2.21. The summed E-state index contributed by atoms with van der Waals surface area (Å²) < 4.78 is 7.61. The topological polar surface area (TPSA) is 68.2 Å². The summed E-state index contributed by atoms with van der Waals surface area (Å²) in [6, 6.07) is 7.02. The van der Waals surface area contributed by atoms with Crippen LogP contribution < -0.4 is 15.4 Å². The zero-order valence-electron chi connectivity index (χ0n) is 13.2. The number of aromatic nitrogens is 2. The summed E-state index contributed by atoms with van der Waals surface area (Å²) in [5, 5.41) is 6.21. The van der Waals surface area contributed by atoms with Gasteiger partial charge in [0.1, 0.15) is 11.9 Å². The van der Waals surface area contributed by atoms with Crippen molar-refractivity contribution in [1.29, 1.82) is 0 Å². The number of urea groups is 1. The number of rotatable bonds is 7. The van der Waals surface area contributed by atoms with Crippen molar-refractivity contribution in [3.05, 3.63) is 48.0 Å². The molecule has 0 aliphatic rings. The molecule has 2 atom stereocenters. The van der Waals surface area contributed by atoms with Gasteiger partial charge in [-0.05, 0) is 26.0 Å². The van der Waals surface area contributed by atoms with Gasteiger partial charge in [-0.25, -0.2) is 9.78 Å². The third-order valence-corrected chi connectivity index (χ3v) is 3.45. The Labute approximate surface area is 140 Å². The van der Waals surface area contributed by atoms with Crippen molar-refractivity contribution in [2.75, 3.05) is 6.54 Å². The van der Waals surface area contributed by atoms with Crippen LogP contribution >= 0.6 is 11.6 Å². The summed E-state index contributed by atoms with van der Waals surface area (Å²) >= 11 is 6.04. The van der Waals surface area contributed by atoms with E-state index >= 15 is 0 Å². The minimum absolute atomic E-state index is 0.0102. The first-order chi connectivity index (χ1) is 11.0. The molecule has 0 fully saturated rings. The van der Waals surface area contributed by atoms with E-state index in [0.29, 0.717) is 23.9 Å². The number of halogens is 1. The van der Waals surface area contributed by atoms with Gasteiger partial charge in [0.15, 0.2) is 0 Å². The number of hydrogen-bond acceptors (Lipinski definition) is 3. The summed E-state index contributed by atoms with van der Waals surface area (Å²) in [7, 11) is 0. The third kappa shape index (κ3) is 5.83. The Morgan fingerprint density at radius 2 is 2.17 bits per heavy atom. The smallest absolute Gasteiger partial charge is 0.315 e. The average Bonchev–Trinajstić information content (AvgIpc) is 3.00. The van der Waals surface area contributed by atoms with Gasteiger partial charge in [0.05, 0.1) is 17.9 Å². The zero-order valence-corrected chi connectivity index (χ0v) is 14.0. The molecular weight excluding hydrogens is 316 g/mol. The minimum atomic E-state index is -0.229. The number of nitrogens with one attached hydrogen (secondary N) is 2. The molecule has 0 radical (unpaired) electrons. The minimum Gasteiger partial charge on any atom is -0.487 e. The van der Waals surface area contributed by atoms with Gasteiger partial charge in [0.25, 0.3) is 0 Å². The normalized spacial score (nSPS) is 13.2. The fraction of sp³-hybridized carbons (Fsp3) is 0.375. The van der Waals surface area contributed by atoms with Crippen molar-refractivity contribution in [3.63, 3.8) is 0 Å². The second kappa shape index (κ2) is 8.43. The number of amides is 2. The second-order valence-corrected chi connectivity index (χ2v) is 5.78. The van der Waals surface area contributed by atoms with Crippen LogP contribution in [0.4, 0.5) is 4.79 Å². The van der Waals surface area contributed by atoms with Crippen molar-refractivity contribution in [1.82, 2.24) is 20.2 Å². The van der Waals surface area contributed by atoms with Crippen LogP contribution in [0.5, 0.6) is 5.75 Å². The molecule has 0 bridgehead atoms. The molecule has 23 heavy (non-hydrogen) atoms. The largest absolute Gasteiger partial charge is 0.487 e. The highest BCUT2D eigenvalue weighted by atomic mass is 35.5. The van der Waals surface area contributed by atoms with Gasteiger partial charge < -0.3 is 19.9 Å². The molecule has 1 heterocycles. The Bertz CT molecular complexity index is 618. The summed E-state index contributed by atoms with van der Waals surface area (Å²) in [6.45, 7) is 4.86. The second-order valence-electron chi connectivity index (χ2n) is 5.37. The van der Waals surface area contributed by atoms with E-state index in [-0.39, 0.29) is 18.2 Å². The molecule has 2 aromatic rings. The van der Waals surface area contributed by atoms with E-state index in [1.54, 1.807) is 24.7 Å². The maximum Gasteiger partial charge on any atom is 0.315 e. The molecule has 2 amide bonds. The van der Waals surface area contributed by atoms with Gasteiger partial charge in [-0.3, -0.25) is 0 Å². The first kappa shape index (κ1) is 17.1. The Morgan fingerprint density at radius 1 is 1.39 bits per heavy atom. The molecule has 0 unspecified atom stereocenters. The van der Waals surface area contributed by atoms with Crippen LogP contribution in [0, 0.1) is 0 Å². The lowest BCUT2D eigenvalue weighted by molar-refractivity contribution is 0.206. The number of para-hydroxylation sites is 1. The van der Waals surface area contributed by atoms with Gasteiger partial charge >= 0.3 is 6.03 Å². The van der Waals surface area contributed by atoms with Crippen LogP contribution in [0.15, 0.2) is 43.0 Å². The van der Waals surface area contributed by atoms with E-state index in [4.69, 9.17) is 16.3 Å². The molecule has 6 nitrogen and oxygen atoms in total. The molecule has 2 N–H and O–H groups in total. The molecule has 2 rings (SSSR count). The average molecular weight is 337 g/mol. The van der Waals surface area contributed by atoms with Gasteiger partial charge in [-0.2, -0.15) is 0 Å². The number of carbonyl (C=O) groups excluding carboxylic acids is 1. The fourth-order valence-corrected chi connectivity index (χ4v) is 2.25. The number of imidazole rings is 1. The highest BCUT2D eigenvalue weighted by Gasteiger charge is 2.11. The van der Waals surface area contributed by atoms with Gasteiger partial charge in [0.2, 0.25) is 0 Å². The Kier molecular flexibility index (Phi) is 6.29. The molecule has 0 aliphatic carbocycles. The number of carbonyl (C=O) groups is 1. The summed E-state index contributed by atoms with van der Waals surface area (Å²) in [6.07, 6.45) is 5.09. The first-order valence-electron chi connectivity index (χ1n) is 7.46. The summed E-state index contributed by atoms with van der Waals surface area (Å²) in [4.78, 5) is 15.8. The van der Waals surface area contributed by atoms with E-state index in [1.807, 2.05) is 36.7 Å². The Balaban J connectivity index is 1.70. The van der Waals surface area contributed by atoms with Crippen molar-refractivity contribution < 1.29 is 9.53 Å².